The zero-order chi connectivity index (χ0) is 16.4. The van der Waals surface area contributed by atoms with Crippen molar-refractivity contribution in [3.63, 3.8) is 0 Å². The minimum Gasteiger partial charge on any atom is -0.334 e. The summed E-state index contributed by atoms with van der Waals surface area (Å²) in [4.78, 5) is 18.0. The lowest BCUT2D eigenvalue weighted by molar-refractivity contribution is 0.252. The molecule has 4 nitrogen and oxygen atoms in total. The Labute approximate surface area is 144 Å². The second kappa shape index (κ2) is 6.61. The van der Waals surface area contributed by atoms with Crippen LogP contribution in [0.5, 0.6) is 0 Å². The smallest absolute Gasteiger partial charge is 0.321 e. The van der Waals surface area contributed by atoms with Crippen molar-refractivity contribution in [1.29, 1.82) is 0 Å². The fourth-order valence-corrected chi connectivity index (χ4v) is 4.21. The summed E-state index contributed by atoms with van der Waals surface area (Å²) in [7, 11) is 0. The maximum absolute atomic E-state index is 12.2. The van der Waals surface area contributed by atoms with Gasteiger partial charge in [0.1, 0.15) is 0 Å². The molecule has 1 aliphatic rings. The third kappa shape index (κ3) is 3.12. The number of nitrogens with zero attached hydrogens (tertiary/aromatic N) is 1. The molecule has 0 spiro atoms. The lowest BCUT2D eigenvalue weighted by atomic mass is 10.0. The fourth-order valence-electron chi connectivity index (χ4n) is 3.17. The maximum atomic E-state index is 12.2. The van der Waals surface area contributed by atoms with Gasteiger partial charge in [0.15, 0.2) is 5.13 Å². The maximum Gasteiger partial charge on any atom is 0.321 e. The molecule has 0 fully saturated rings. The molecule has 2 aromatic carbocycles. The molecule has 2 N–H and O–H groups in total. The first-order valence-electron chi connectivity index (χ1n) is 8.30. The van der Waals surface area contributed by atoms with Crippen LogP contribution in [0, 0.1) is 0 Å². The number of carbonyl (C=O) groups is 1. The van der Waals surface area contributed by atoms with Crippen LogP contribution in [0.3, 0.4) is 0 Å². The van der Waals surface area contributed by atoms with Crippen LogP contribution >= 0.6 is 11.3 Å². The Morgan fingerprint density at radius 1 is 1.08 bits per heavy atom. The predicted octanol–water partition coefficient (Wildman–Crippen LogP) is 4.50. The zero-order valence-electron chi connectivity index (χ0n) is 13.3. The molecule has 0 atom stereocenters. The first kappa shape index (κ1) is 15.1. The van der Waals surface area contributed by atoms with Gasteiger partial charge in [-0.05, 0) is 42.0 Å². The number of anilines is 1. The third-order valence-electron chi connectivity index (χ3n) is 4.39. The van der Waals surface area contributed by atoms with E-state index in [0.29, 0.717) is 11.7 Å². The van der Waals surface area contributed by atoms with Crippen molar-refractivity contribution in [2.24, 2.45) is 0 Å². The van der Waals surface area contributed by atoms with Gasteiger partial charge in [0.05, 0.1) is 5.69 Å². The van der Waals surface area contributed by atoms with E-state index < -0.39 is 0 Å². The number of thiazole rings is 1. The normalized spacial score (nSPS) is 13.5. The van der Waals surface area contributed by atoms with Crippen molar-refractivity contribution < 1.29 is 4.79 Å². The quantitative estimate of drug-likeness (QED) is 0.739. The number of aromatic nitrogens is 1. The molecule has 0 saturated heterocycles. The first-order valence-corrected chi connectivity index (χ1v) is 9.11. The second-order valence-electron chi connectivity index (χ2n) is 6.04. The molecule has 0 bridgehead atoms. The van der Waals surface area contributed by atoms with Crippen molar-refractivity contribution in [1.82, 2.24) is 10.3 Å². The largest absolute Gasteiger partial charge is 0.334 e. The lowest BCUT2D eigenvalue weighted by Gasteiger charge is -2.08. The van der Waals surface area contributed by atoms with Crippen molar-refractivity contribution in [3.05, 3.63) is 58.6 Å². The molecule has 122 valence electrons. The number of benzene rings is 2. The van der Waals surface area contributed by atoms with Crippen molar-refractivity contribution in [3.8, 4) is 0 Å². The summed E-state index contributed by atoms with van der Waals surface area (Å²) < 4.78 is 0. The zero-order valence-corrected chi connectivity index (χ0v) is 14.2. The minimum absolute atomic E-state index is 0.200. The molecule has 0 radical (unpaired) electrons. The van der Waals surface area contributed by atoms with Crippen LogP contribution in [0.1, 0.15) is 29.0 Å². The van der Waals surface area contributed by atoms with E-state index >= 15 is 0 Å². The molecular formula is C19H19N3OS. The molecule has 3 aromatic rings. The molecule has 5 heteroatoms. The van der Waals surface area contributed by atoms with Crippen LogP contribution in [0.15, 0.2) is 42.5 Å². The van der Waals surface area contributed by atoms with Crippen LogP contribution in [-0.4, -0.2) is 11.0 Å². The highest BCUT2D eigenvalue weighted by atomic mass is 32.1. The standard InChI is InChI=1S/C19H19N3OS/c23-18(22-19-21-16-10-3-4-11-17(16)24-19)20-12-14-8-5-7-13-6-1-2-9-15(13)14/h1-2,5-9H,3-4,10-12H2,(H2,20,21,22,23). The van der Waals surface area contributed by atoms with Gasteiger partial charge in [0.25, 0.3) is 0 Å². The van der Waals surface area contributed by atoms with E-state index in [0.717, 1.165) is 24.1 Å². The second-order valence-corrected chi connectivity index (χ2v) is 7.13. The number of aryl methyl sites for hydroxylation is 2. The lowest BCUT2D eigenvalue weighted by Crippen LogP contribution is -2.28. The van der Waals surface area contributed by atoms with Crippen molar-refractivity contribution >= 4 is 33.3 Å². The first-order chi connectivity index (χ1) is 11.8. The third-order valence-corrected chi connectivity index (χ3v) is 5.46. The summed E-state index contributed by atoms with van der Waals surface area (Å²) in [6.07, 6.45) is 4.54. The number of amides is 2. The minimum atomic E-state index is -0.200. The number of hydrogen-bond acceptors (Lipinski definition) is 3. The summed E-state index contributed by atoms with van der Waals surface area (Å²) in [6, 6.07) is 14.2. The van der Waals surface area contributed by atoms with Crippen LogP contribution < -0.4 is 10.6 Å². The molecule has 0 saturated carbocycles. The highest BCUT2D eigenvalue weighted by Crippen LogP contribution is 2.29. The van der Waals surface area contributed by atoms with E-state index in [1.165, 1.54) is 28.5 Å². The molecule has 1 aliphatic carbocycles. The Morgan fingerprint density at radius 3 is 2.83 bits per heavy atom. The Hall–Kier alpha value is -2.40. The van der Waals surface area contributed by atoms with Gasteiger partial charge in [-0.3, -0.25) is 5.32 Å². The topological polar surface area (TPSA) is 54.0 Å². The van der Waals surface area contributed by atoms with Crippen LogP contribution in [0.25, 0.3) is 10.8 Å². The molecule has 24 heavy (non-hydrogen) atoms. The fraction of sp³-hybridized carbons (Fsp3) is 0.263. The molecule has 0 aliphatic heterocycles. The number of urea groups is 1. The van der Waals surface area contributed by atoms with Gasteiger partial charge in [-0.1, -0.05) is 42.5 Å². The number of nitrogens with one attached hydrogen (secondary N) is 2. The molecule has 2 amide bonds. The van der Waals surface area contributed by atoms with Crippen LogP contribution in [-0.2, 0) is 19.4 Å². The van der Waals surface area contributed by atoms with E-state index in [1.807, 2.05) is 24.3 Å². The van der Waals surface area contributed by atoms with E-state index in [-0.39, 0.29) is 6.03 Å². The van der Waals surface area contributed by atoms with Gasteiger partial charge in [0, 0.05) is 11.4 Å². The van der Waals surface area contributed by atoms with Gasteiger partial charge < -0.3 is 5.32 Å². The van der Waals surface area contributed by atoms with Crippen molar-refractivity contribution in [2.45, 2.75) is 32.2 Å². The number of fused-ring (bicyclic) bond motifs is 2. The Kier molecular flexibility index (Phi) is 4.17. The van der Waals surface area contributed by atoms with E-state index in [1.54, 1.807) is 11.3 Å². The average Bonchev–Trinajstić information content (AvgIpc) is 3.02. The van der Waals surface area contributed by atoms with Gasteiger partial charge in [-0.25, -0.2) is 9.78 Å². The highest BCUT2D eigenvalue weighted by Gasteiger charge is 2.16. The number of rotatable bonds is 3. The molecule has 1 aromatic heterocycles. The summed E-state index contributed by atoms with van der Waals surface area (Å²) in [5.41, 5.74) is 2.28. The molecule has 0 unspecified atom stereocenters. The van der Waals surface area contributed by atoms with Crippen LogP contribution in [0.2, 0.25) is 0 Å². The molecule has 1 heterocycles. The predicted molar refractivity (Wildman–Crippen MR) is 98.6 cm³/mol. The van der Waals surface area contributed by atoms with E-state index in [2.05, 4.69) is 33.8 Å². The van der Waals surface area contributed by atoms with Gasteiger partial charge in [-0.2, -0.15) is 0 Å². The van der Waals surface area contributed by atoms with Gasteiger partial charge in [-0.15, -0.1) is 11.3 Å². The van der Waals surface area contributed by atoms with E-state index in [4.69, 9.17) is 0 Å². The van der Waals surface area contributed by atoms with Crippen LogP contribution in [0.4, 0.5) is 9.93 Å². The summed E-state index contributed by atoms with van der Waals surface area (Å²) in [5, 5.41) is 8.87. The summed E-state index contributed by atoms with van der Waals surface area (Å²) >= 11 is 1.60. The highest BCUT2D eigenvalue weighted by molar-refractivity contribution is 7.15. The Balaban J connectivity index is 1.42. The summed E-state index contributed by atoms with van der Waals surface area (Å²) in [5.74, 6) is 0. The van der Waals surface area contributed by atoms with Crippen molar-refractivity contribution in [2.75, 3.05) is 5.32 Å². The van der Waals surface area contributed by atoms with Gasteiger partial charge in [0.2, 0.25) is 0 Å². The molecular weight excluding hydrogens is 318 g/mol. The summed E-state index contributed by atoms with van der Waals surface area (Å²) in [6.45, 7) is 0.498. The molecule has 4 rings (SSSR count). The number of carbonyl (C=O) groups excluding carboxylic acids is 1. The Morgan fingerprint density at radius 2 is 1.92 bits per heavy atom. The SMILES string of the molecule is O=C(NCc1cccc2ccccc12)Nc1nc2c(s1)CCCC2. The van der Waals surface area contributed by atoms with E-state index in [9.17, 15) is 4.79 Å². The monoisotopic (exact) mass is 337 g/mol. The Bertz CT molecular complexity index is 858. The number of hydrogen-bond donors (Lipinski definition) is 2. The average molecular weight is 337 g/mol. The van der Waals surface area contributed by atoms with Gasteiger partial charge >= 0.3 is 6.03 Å².